The molecule has 230 valence electrons. The summed E-state index contributed by atoms with van der Waals surface area (Å²) < 4.78 is 83.4. The van der Waals surface area contributed by atoms with E-state index in [1.54, 1.807) is 6.92 Å². The Morgan fingerprint density at radius 1 is 1.07 bits per heavy atom. The Hall–Kier alpha value is -5.37. The van der Waals surface area contributed by atoms with Crippen LogP contribution < -0.4 is 15.0 Å². The lowest BCUT2D eigenvalue weighted by atomic mass is 10.1. The second-order valence-electron chi connectivity index (χ2n) is 9.29. The molecule has 0 bridgehead atoms. The SMILES string of the molecule is Cc1ccc(C(F)(F)F)c(N2C(=O)CSC2=NC(=O)Nc2ccc(-c3ncn(-c4ccc(OC(F)(F)F)cc4)n3)cc2C#N)c1. The lowest BCUT2D eigenvalue weighted by Gasteiger charge is -2.21. The number of amides is 3. The van der Waals surface area contributed by atoms with E-state index >= 15 is 0 Å². The van der Waals surface area contributed by atoms with Crippen molar-refractivity contribution in [2.24, 2.45) is 4.99 Å². The summed E-state index contributed by atoms with van der Waals surface area (Å²) in [5, 5.41) is 16.1. The van der Waals surface area contributed by atoms with E-state index in [4.69, 9.17) is 0 Å². The summed E-state index contributed by atoms with van der Waals surface area (Å²) in [5.41, 5.74) is -0.352. The number of nitriles is 1. The number of carbonyl (C=O) groups excluding carboxylic acids is 2. The Bertz CT molecular complexity index is 1860. The largest absolute Gasteiger partial charge is 0.573 e. The number of halogens is 6. The number of urea groups is 1. The summed E-state index contributed by atoms with van der Waals surface area (Å²) in [4.78, 5) is 34.1. The maximum atomic E-state index is 13.7. The molecule has 10 nitrogen and oxygen atoms in total. The third-order valence-corrected chi connectivity index (χ3v) is 7.05. The summed E-state index contributed by atoms with van der Waals surface area (Å²) in [5.74, 6) is -1.20. The first-order chi connectivity index (χ1) is 21.2. The Morgan fingerprint density at radius 2 is 1.80 bits per heavy atom. The molecular weight excluding hydrogens is 628 g/mol. The smallest absolute Gasteiger partial charge is 0.406 e. The zero-order valence-electron chi connectivity index (χ0n) is 22.6. The highest BCUT2D eigenvalue weighted by Gasteiger charge is 2.40. The molecule has 1 saturated heterocycles. The number of hydrogen-bond acceptors (Lipinski definition) is 7. The number of anilines is 2. The first-order valence-electron chi connectivity index (χ1n) is 12.6. The fourth-order valence-corrected chi connectivity index (χ4v) is 5.04. The normalized spacial score (nSPS) is 14.5. The van der Waals surface area contributed by atoms with Crippen molar-refractivity contribution in [3.63, 3.8) is 0 Å². The fourth-order valence-electron chi connectivity index (χ4n) is 4.18. The Kier molecular flexibility index (Phi) is 8.26. The minimum absolute atomic E-state index is 0.0164. The first-order valence-corrected chi connectivity index (χ1v) is 13.6. The topological polar surface area (TPSA) is 126 Å². The third-order valence-electron chi connectivity index (χ3n) is 6.13. The van der Waals surface area contributed by atoms with Crippen LogP contribution in [0.3, 0.4) is 0 Å². The molecule has 0 radical (unpaired) electrons. The van der Waals surface area contributed by atoms with Gasteiger partial charge in [-0.15, -0.1) is 18.3 Å². The van der Waals surface area contributed by atoms with Gasteiger partial charge in [0.15, 0.2) is 11.0 Å². The van der Waals surface area contributed by atoms with Gasteiger partial charge in [0.25, 0.3) is 0 Å². The number of rotatable bonds is 5. The van der Waals surface area contributed by atoms with E-state index in [0.29, 0.717) is 16.8 Å². The Morgan fingerprint density at radius 3 is 2.47 bits per heavy atom. The van der Waals surface area contributed by atoms with Gasteiger partial charge in [-0.25, -0.2) is 14.5 Å². The molecule has 3 amide bonds. The van der Waals surface area contributed by atoms with Crippen molar-refractivity contribution in [3.8, 4) is 28.9 Å². The van der Waals surface area contributed by atoms with Crippen LogP contribution in [0.5, 0.6) is 5.75 Å². The van der Waals surface area contributed by atoms with Gasteiger partial charge in [0, 0.05) is 5.56 Å². The zero-order chi connectivity index (χ0) is 32.5. The number of benzene rings is 3. The number of aryl methyl sites for hydroxylation is 1. The maximum Gasteiger partial charge on any atom is 0.573 e. The number of hydrogen-bond donors (Lipinski definition) is 1. The van der Waals surface area contributed by atoms with Gasteiger partial charge in [0.2, 0.25) is 5.91 Å². The highest BCUT2D eigenvalue weighted by Crippen LogP contribution is 2.40. The second kappa shape index (κ2) is 12.0. The number of nitrogens with zero attached hydrogens (tertiary/aromatic N) is 6. The number of amidine groups is 1. The average Bonchev–Trinajstić information content (AvgIpc) is 3.59. The van der Waals surface area contributed by atoms with Crippen molar-refractivity contribution in [1.82, 2.24) is 14.8 Å². The zero-order valence-corrected chi connectivity index (χ0v) is 23.5. The van der Waals surface area contributed by atoms with E-state index in [1.807, 2.05) is 6.07 Å². The highest BCUT2D eigenvalue weighted by atomic mass is 32.2. The van der Waals surface area contributed by atoms with E-state index in [1.165, 1.54) is 53.5 Å². The monoisotopic (exact) mass is 645 g/mol. The highest BCUT2D eigenvalue weighted by molar-refractivity contribution is 8.15. The molecular formula is C28H17F6N7O3S. The number of aliphatic imine (C=N–C) groups is 1. The Labute approximate surface area is 253 Å². The minimum atomic E-state index is -4.84. The van der Waals surface area contributed by atoms with Crippen LogP contribution in [0, 0.1) is 18.3 Å². The van der Waals surface area contributed by atoms with E-state index < -0.39 is 41.5 Å². The summed E-state index contributed by atoms with van der Waals surface area (Å²) in [6.07, 6.45) is -8.30. The molecule has 1 aliphatic rings. The van der Waals surface area contributed by atoms with Gasteiger partial charge >= 0.3 is 18.6 Å². The maximum absolute atomic E-state index is 13.7. The van der Waals surface area contributed by atoms with Crippen molar-refractivity contribution in [3.05, 3.63) is 83.7 Å². The quantitative estimate of drug-likeness (QED) is 0.240. The number of alkyl halides is 6. The third kappa shape index (κ3) is 7.07. The van der Waals surface area contributed by atoms with Crippen LogP contribution in [-0.4, -0.2) is 44.0 Å². The molecule has 3 aromatic carbocycles. The number of aromatic nitrogens is 3. The molecule has 1 aromatic heterocycles. The molecule has 1 aliphatic heterocycles. The van der Waals surface area contributed by atoms with Gasteiger partial charge in [-0.3, -0.25) is 9.69 Å². The molecule has 5 rings (SSSR count). The lowest BCUT2D eigenvalue weighted by Crippen LogP contribution is -2.32. The second-order valence-corrected chi connectivity index (χ2v) is 10.2. The van der Waals surface area contributed by atoms with Crippen LogP contribution in [-0.2, 0) is 11.0 Å². The molecule has 0 atom stereocenters. The molecule has 0 aliphatic carbocycles. The van der Waals surface area contributed by atoms with E-state index in [9.17, 15) is 41.2 Å². The standard InChI is InChI=1S/C28H17F6N7O3S/c1-15-2-8-20(27(29,30)31)22(10-15)41-23(42)13-45-26(41)38-25(43)37-21-9-3-16(11-17(21)12-35)24-36-14-40(39-24)18-4-6-19(7-5-18)44-28(32,33)34/h2-11,14H,13H2,1H3,(H,37,43). The van der Waals surface area contributed by atoms with Gasteiger partial charge in [-0.1, -0.05) is 17.8 Å². The molecule has 45 heavy (non-hydrogen) atoms. The number of carbonyl (C=O) groups is 2. The summed E-state index contributed by atoms with van der Waals surface area (Å²) >= 11 is 0.788. The van der Waals surface area contributed by atoms with Gasteiger partial charge in [-0.05, 0) is 67.1 Å². The molecule has 0 saturated carbocycles. The number of thioether (sulfide) groups is 1. The van der Waals surface area contributed by atoms with Crippen LogP contribution in [0.2, 0.25) is 0 Å². The minimum Gasteiger partial charge on any atom is -0.406 e. The summed E-state index contributed by atoms with van der Waals surface area (Å²) in [6, 6.07) is 13.2. The van der Waals surface area contributed by atoms with E-state index in [2.05, 4.69) is 25.1 Å². The van der Waals surface area contributed by atoms with Crippen molar-refractivity contribution < 1.29 is 40.7 Å². The van der Waals surface area contributed by atoms with Crippen LogP contribution in [0.25, 0.3) is 17.1 Å². The average molecular weight is 646 g/mol. The fraction of sp³-hybridized carbons (Fsp3) is 0.143. The molecule has 0 unspecified atom stereocenters. The van der Waals surface area contributed by atoms with Crippen LogP contribution >= 0.6 is 11.8 Å². The van der Waals surface area contributed by atoms with Crippen molar-refractivity contribution >= 4 is 40.2 Å². The molecule has 1 N–H and O–H groups in total. The molecule has 17 heteroatoms. The summed E-state index contributed by atoms with van der Waals surface area (Å²) in [6.45, 7) is 1.56. The number of nitrogens with one attached hydrogen (secondary N) is 1. The van der Waals surface area contributed by atoms with Crippen LogP contribution in [0.4, 0.5) is 42.5 Å². The molecule has 0 spiro atoms. The van der Waals surface area contributed by atoms with E-state index in [0.717, 1.165) is 34.9 Å². The van der Waals surface area contributed by atoms with Crippen molar-refractivity contribution in [2.45, 2.75) is 19.5 Å². The van der Waals surface area contributed by atoms with Gasteiger partial charge in [-0.2, -0.15) is 23.4 Å². The van der Waals surface area contributed by atoms with Crippen molar-refractivity contribution in [2.75, 3.05) is 16.0 Å². The first kappa shape index (κ1) is 31.1. The Balaban J connectivity index is 1.35. The van der Waals surface area contributed by atoms with Crippen LogP contribution in [0.15, 0.2) is 72.0 Å². The van der Waals surface area contributed by atoms with Crippen LogP contribution in [0.1, 0.15) is 16.7 Å². The molecule has 2 heterocycles. The number of ether oxygens (including phenoxy) is 1. The van der Waals surface area contributed by atoms with Gasteiger partial charge < -0.3 is 10.1 Å². The lowest BCUT2D eigenvalue weighted by molar-refractivity contribution is -0.274. The van der Waals surface area contributed by atoms with Crippen molar-refractivity contribution in [1.29, 1.82) is 5.26 Å². The predicted octanol–water partition coefficient (Wildman–Crippen LogP) is 6.70. The predicted molar refractivity (Wildman–Crippen MR) is 151 cm³/mol. The van der Waals surface area contributed by atoms with Gasteiger partial charge in [0.1, 0.15) is 18.1 Å². The molecule has 4 aromatic rings. The van der Waals surface area contributed by atoms with Gasteiger partial charge in [0.05, 0.1) is 33.9 Å². The summed E-state index contributed by atoms with van der Waals surface area (Å²) in [7, 11) is 0. The van der Waals surface area contributed by atoms with E-state index in [-0.39, 0.29) is 28.0 Å². The molecule has 1 fully saturated rings.